The summed E-state index contributed by atoms with van der Waals surface area (Å²) in [6, 6.07) is 8.54. The van der Waals surface area contributed by atoms with Crippen LogP contribution in [0.3, 0.4) is 0 Å². The quantitative estimate of drug-likeness (QED) is 0.356. The normalized spacial score (nSPS) is 20.2. The minimum atomic E-state index is 0.167. The van der Waals surface area contributed by atoms with Crippen molar-refractivity contribution < 1.29 is 0 Å². The van der Waals surface area contributed by atoms with E-state index < -0.39 is 0 Å². The second-order valence-electron chi connectivity index (χ2n) is 3.37. The molecular weight excluding hydrogens is 162 g/mol. The standard InChI is InChI=1S/C10H11N3/c11-13-12-10-6-5-8-3-1-2-4-9(8)7-10/h1-4,10H,5-7H2/t10-/m0/s1. The van der Waals surface area contributed by atoms with E-state index in [0.29, 0.717) is 0 Å². The molecule has 0 amide bonds. The molecule has 0 saturated heterocycles. The molecule has 13 heavy (non-hydrogen) atoms. The Kier molecular flexibility index (Phi) is 2.19. The first kappa shape index (κ1) is 8.14. The first-order chi connectivity index (χ1) is 6.40. The van der Waals surface area contributed by atoms with Gasteiger partial charge in [-0.3, -0.25) is 0 Å². The minimum Gasteiger partial charge on any atom is -0.0903 e. The zero-order valence-electron chi connectivity index (χ0n) is 7.35. The Morgan fingerprint density at radius 1 is 1.31 bits per heavy atom. The lowest BCUT2D eigenvalue weighted by Gasteiger charge is -2.20. The van der Waals surface area contributed by atoms with Crippen molar-refractivity contribution in [3.8, 4) is 0 Å². The minimum absolute atomic E-state index is 0.167. The Hall–Kier alpha value is -1.47. The summed E-state index contributed by atoms with van der Waals surface area (Å²) in [6.45, 7) is 0. The van der Waals surface area contributed by atoms with Crippen molar-refractivity contribution in [3.63, 3.8) is 0 Å². The summed E-state index contributed by atoms with van der Waals surface area (Å²) in [5.74, 6) is 0. The Labute approximate surface area is 77.0 Å². The Bertz CT molecular complexity index is 353. The molecule has 0 unspecified atom stereocenters. The third-order valence-electron chi connectivity index (χ3n) is 2.54. The number of azide groups is 1. The lowest BCUT2D eigenvalue weighted by atomic mass is 9.89. The molecule has 3 nitrogen and oxygen atoms in total. The fraction of sp³-hybridized carbons (Fsp3) is 0.400. The second kappa shape index (κ2) is 3.50. The van der Waals surface area contributed by atoms with Crippen LogP contribution in [-0.4, -0.2) is 6.04 Å². The molecule has 0 fully saturated rings. The van der Waals surface area contributed by atoms with Crippen molar-refractivity contribution >= 4 is 0 Å². The van der Waals surface area contributed by atoms with Crippen molar-refractivity contribution in [2.75, 3.05) is 0 Å². The van der Waals surface area contributed by atoms with Gasteiger partial charge in [0.05, 0.1) is 0 Å². The molecule has 0 bridgehead atoms. The molecule has 0 aromatic heterocycles. The average molecular weight is 173 g/mol. The topological polar surface area (TPSA) is 48.8 Å². The van der Waals surface area contributed by atoms with Crippen LogP contribution in [0.1, 0.15) is 17.5 Å². The summed E-state index contributed by atoms with van der Waals surface area (Å²) in [4.78, 5) is 2.86. The van der Waals surface area contributed by atoms with E-state index in [1.807, 2.05) is 6.07 Å². The van der Waals surface area contributed by atoms with E-state index in [1.54, 1.807) is 0 Å². The molecule has 1 aliphatic rings. The molecule has 1 aromatic carbocycles. The van der Waals surface area contributed by atoms with Crippen LogP contribution in [0.15, 0.2) is 29.4 Å². The first-order valence-corrected chi connectivity index (χ1v) is 4.51. The molecule has 66 valence electrons. The lowest BCUT2D eigenvalue weighted by Crippen LogP contribution is -2.16. The molecular formula is C10H11N3. The van der Waals surface area contributed by atoms with E-state index in [4.69, 9.17) is 5.53 Å². The smallest absolute Gasteiger partial charge is 0.0417 e. The number of benzene rings is 1. The fourth-order valence-electron chi connectivity index (χ4n) is 1.85. The van der Waals surface area contributed by atoms with Crippen LogP contribution in [0.2, 0.25) is 0 Å². The largest absolute Gasteiger partial charge is 0.0903 e. The zero-order chi connectivity index (χ0) is 9.10. The van der Waals surface area contributed by atoms with Crippen LogP contribution >= 0.6 is 0 Å². The van der Waals surface area contributed by atoms with Crippen LogP contribution in [-0.2, 0) is 12.8 Å². The molecule has 0 aliphatic heterocycles. The number of hydrogen-bond donors (Lipinski definition) is 0. The van der Waals surface area contributed by atoms with E-state index in [0.717, 1.165) is 19.3 Å². The Balaban J connectivity index is 2.24. The van der Waals surface area contributed by atoms with Gasteiger partial charge in [-0.15, -0.1) is 0 Å². The predicted molar refractivity (Wildman–Crippen MR) is 51.4 cm³/mol. The van der Waals surface area contributed by atoms with Gasteiger partial charge in [0.2, 0.25) is 0 Å². The maximum absolute atomic E-state index is 8.32. The maximum atomic E-state index is 8.32. The number of aryl methyl sites for hydroxylation is 1. The van der Waals surface area contributed by atoms with Crippen molar-refractivity contribution in [1.82, 2.24) is 0 Å². The predicted octanol–water partition coefficient (Wildman–Crippen LogP) is 2.85. The summed E-state index contributed by atoms with van der Waals surface area (Å²) in [5, 5.41) is 3.76. The van der Waals surface area contributed by atoms with Gasteiger partial charge in [0.1, 0.15) is 0 Å². The van der Waals surface area contributed by atoms with Crippen LogP contribution in [0.5, 0.6) is 0 Å². The highest BCUT2D eigenvalue weighted by Gasteiger charge is 2.16. The van der Waals surface area contributed by atoms with E-state index in [-0.39, 0.29) is 6.04 Å². The van der Waals surface area contributed by atoms with Gasteiger partial charge in [-0.2, -0.15) is 0 Å². The summed E-state index contributed by atoms with van der Waals surface area (Å²) >= 11 is 0. The molecule has 0 heterocycles. The number of fused-ring (bicyclic) bond motifs is 1. The fourth-order valence-corrected chi connectivity index (χ4v) is 1.85. The van der Waals surface area contributed by atoms with E-state index in [9.17, 15) is 0 Å². The summed E-state index contributed by atoms with van der Waals surface area (Å²) in [5.41, 5.74) is 11.1. The van der Waals surface area contributed by atoms with Gasteiger partial charge in [-0.1, -0.05) is 29.4 Å². The summed E-state index contributed by atoms with van der Waals surface area (Å²) in [6.07, 6.45) is 2.93. The molecule has 0 radical (unpaired) electrons. The number of hydrogen-bond acceptors (Lipinski definition) is 1. The van der Waals surface area contributed by atoms with Gasteiger partial charge in [0.25, 0.3) is 0 Å². The van der Waals surface area contributed by atoms with Crippen LogP contribution in [0.25, 0.3) is 10.4 Å². The van der Waals surface area contributed by atoms with Crippen LogP contribution in [0, 0.1) is 0 Å². The Morgan fingerprint density at radius 3 is 2.85 bits per heavy atom. The van der Waals surface area contributed by atoms with E-state index in [2.05, 4.69) is 28.2 Å². The molecule has 2 rings (SSSR count). The van der Waals surface area contributed by atoms with Gasteiger partial charge in [0, 0.05) is 11.0 Å². The van der Waals surface area contributed by atoms with Crippen molar-refractivity contribution in [3.05, 3.63) is 45.8 Å². The Morgan fingerprint density at radius 2 is 2.08 bits per heavy atom. The summed E-state index contributed by atoms with van der Waals surface area (Å²) < 4.78 is 0. The molecule has 0 spiro atoms. The monoisotopic (exact) mass is 173 g/mol. The summed E-state index contributed by atoms with van der Waals surface area (Å²) in [7, 11) is 0. The van der Waals surface area contributed by atoms with Gasteiger partial charge >= 0.3 is 0 Å². The van der Waals surface area contributed by atoms with Gasteiger partial charge < -0.3 is 0 Å². The van der Waals surface area contributed by atoms with E-state index in [1.165, 1.54) is 11.1 Å². The van der Waals surface area contributed by atoms with Crippen LogP contribution < -0.4 is 0 Å². The molecule has 0 N–H and O–H groups in total. The first-order valence-electron chi connectivity index (χ1n) is 4.51. The third-order valence-corrected chi connectivity index (χ3v) is 2.54. The van der Waals surface area contributed by atoms with Gasteiger partial charge in [-0.05, 0) is 35.9 Å². The molecule has 1 aliphatic carbocycles. The highest BCUT2D eigenvalue weighted by molar-refractivity contribution is 5.30. The average Bonchev–Trinajstić information content (AvgIpc) is 2.18. The molecule has 1 aromatic rings. The molecule has 3 heteroatoms. The van der Waals surface area contributed by atoms with Gasteiger partial charge in [-0.25, -0.2) is 0 Å². The molecule has 1 atom stereocenters. The highest BCUT2D eigenvalue weighted by atomic mass is 15.1. The maximum Gasteiger partial charge on any atom is 0.0417 e. The van der Waals surface area contributed by atoms with Crippen molar-refractivity contribution in [1.29, 1.82) is 0 Å². The highest BCUT2D eigenvalue weighted by Crippen LogP contribution is 2.22. The van der Waals surface area contributed by atoms with Crippen molar-refractivity contribution in [2.45, 2.75) is 25.3 Å². The number of rotatable bonds is 1. The third kappa shape index (κ3) is 1.65. The SMILES string of the molecule is [N-]=[N+]=N[C@H]1CCc2ccccc2C1. The van der Waals surface area contributed by atoms with Crippen molar-refractivity contribution in [2.24, 2.45) is 5.11 Å². The van der Waals surface area contributed by atoms with E-state index >= 15 is 0 Å². The van der Waals surface area contributed by atoms with Crippen LogP contribution in [0.4, 0.5) is 0 Å². The van der Waals surface area contributed by atoms with Gasteiger partial charge in [0.15, 0.2) is 0 Å². The second-order valence-corrected chi connectivity index (χ2v) is 3.37. The number of nitrogens with zero attached hydrogens (tertiary/aromatic N) is 3. The zero-order valence-corrected chi connectivity index (χ0v) is 7.35. The molecule has 0 saturated carbocycles. The lowest BCUT2D eigenvalue weighted by molar-refractivity contribution is 0.574.